The normalized spacial score (nSPS) is 16.8. The topological polar surface area (TPSA) is 72.0 Å². The third kappa shape index (κ3) is 2.54. The average Bonchev–Trinajstić information content (AvgIpc) is 2.39. The molecule has 1 aromatic heterocycles. The molecule has 1 fully saturated rings. The van der Waals surface area contributed by atoms with E-state index in [-0.39, 0.29) is 11.1 Å². The van der Waals surface area contributed by atoms with Gasteiger partial charge in [0, 0.05) is 17.7 Å². The van der Waals surface area contributed by atoms with Crippen LogP contribution in [0.4, 0.5) is 0 Å². The standard InChI is InChI=1S/C12H16N2O3/c1-17-12(16)11-10(15)7-9(13-14-11)8-5-3-2-4-6-8/h7-8H,2-6H2,1H3,(H,13,15). The molecule has 1 aliphatic carbocycles. The fraction of sp³-hybridized carbons (Fsp3) is 0.583. The van der Waals surface area contributed by atoms with E-state index in [4.69, 9.17) is 0 Å². The van der Waals surface area contributed by atoms with Crippen LogP contribution in [0.5, 0.6) is 0 Å². The molecule has 0 aliphatic heterocycles. The third-order valence-corrected chi connectivity index (χ3v) is 3.24. The highest BCUT2D eigenvalue weighted by Gasteiger charge is 2.19. The van der Waals surface area contributed by atoms with Crippen LogP contribution >= 0.6 is 0 Å². The highest BCUT2D eigenvalue weighted by Crippen LogP contribution is 2.30. The lowest BCUT2D eigenvalue weighted by Crippen LogP contribution is -2.21. The van der Waals surface area contributed by atoms with E-state index in [0.717, 1.165) is 18.5 Å². The number of methoxy groups -OCH3 is 1. The van der Waals surface area contributed by atoms with Gasteiger partial charge in [0.15, 0.2) is 0 Å². The molecular formula is C12H16N2O3. The van der Waals surface area contributed by atoms with Crippen molar-refractivity contribution in [3.05, 3.63) is 27.7 Å². The Morgan fingerprint density at radius 3 is 2.71 bits per heavy atom. The van der Waals surface area contributed by atoms with Gasteiger partial charge in [-0.25, -0.2) is 4.79 Å². The minimum atomic E-state index is -0.693. The largest absolute Gasteiger partial charge is 0.464 e. The van der Waals surface area contributed by atoms with Gasteiger partial charge in [-0.1, -0.05) is 19.3 Å². The van der Waals surface area contributed by atoms with Crippen molar-refractivity contribution < 1.29 is 9.53 Å². The van der Waals surface area contributed by atoms with E-state index < -0.39 is 5.97 Å². The number of rotatable bonds is 2. The van der Waals surface area contributed by atoms with Crippen molar-refractivity contribution in [2.24, 2.45) is 0 Å². The number of hydrogen-bond acceptors (Lipinski definition) is 4. The van der Waals surface area contributed by atoms with Crippen molar-refractivity contribution in [2.75, 3.05) is 7.11 Å². The predicted octanol–water partition coefficient (Wildman–Crippen LogP) is 1.60. The molecule has 0 spiro atoms. The highest BCUT2D eigenvalue weighted by molar-refractivity contribution is 5.86. The van der Waals surface area contributed by atoms with Crippen LogP contribution < -0.4 is 5.43 Å². The summed E-state index contributed by atoms with van der Waals surface area (Å²) in [6.07, 6.45) is 5.79. The zero-order valence-electron chi connectivity index (χ0n) is 9.86. The van der Waals surface area contributed by atoms with E-state index in [2.05, 4.69) is 14.9 Å². The number of carbonyl (C=O) groups is 1. The van der Waals surface area contributed by atoms with Gasteiger partial charge in [-0.3, -0.25) is 9.89 Å². The van der Waals surface area contributed by atoms with Crippen LogP contribution in [-0.2, 0) is 4.74 Å². The molecule has 0 unspecified atom stereocenters. The number of nitrogens with zero attached hydrogens (tertiary/aromatic N) is 1. The Bertz CT molecular complexity index is 461. The van der Waals surface area contributed by atoms with Crippen LogP contribution in [0.1, 0.15) is 54.2 Å². The molecule has 92 valence electrons. The zero-order chi connectivity index (χ0) is 12.3. The maximum Gasteiger partial charge on any atom is 0.362 e. The molecule has 0 radical (unpaired) electrons. The molecule has 0 aromatic carbocycles. The maximum atomic E-state index is 11.7. The van der Waals surface area contributed by atoms with Crippen molar-refractivity contribution in [3.8, 4) is 0 Å². The number of nitrogens with one attached hydrogen (secondary N) is 1. The Morgan fingerprint density at radius 1 is 1.41 bits per heavy atom. The first-order chi connectivity index (χ1) is 8.22. The van der Waals surface area contributed by atoms with Crippen molar-refractivity contribution in [2.45, 2.75) is 38.0 Å². The summed E-state index contributed by atoms with van der Waals surface area (Å²) in [4.78, 5) is 22.9. The first kappa shape index (κ1) is 11.8. The molecule has 2 rings (SSSR count). The minimum absolute atomic E-state index is 0.174. The first-order valence-corrected chi connectivity index (χ1v) is 5.90. The number of aromatic amines is 1. The molecule has 0 amide bonds. The van der Waals surface area contributed by atoms with Gasteiger partial charge in [-0.05, 0) is 12.8 Å². The van der Waals surface area contributed by atoms with E-state index in [9.17, 15) is 9.59 Å². The van der Waals surface area contributed by atoms with E-state index in [0.29, 0.717) is 5.92 Å². The summed E-state index contributed by atoms with van der Waals surface area (Å²) in [6, 6.07) is 1.48. The lowest BCUT2D eigenvalue weighted by atomic mass is 9.87. The van der Waals surface area contributed by atoms with Crippen LogP contribution in [0.2, 0.25) is 0 Å². The predicted molar refractivity (Wildman–Crippen MR) is 62.0 cm³/mol. The van der Waals surface area contributed by atoms with Gasteiger partial charge in [0.25, 0.3) is 0 Å². The van der Waals surface area contributed by atoms with Crippen LogP contribution in [0, 0.1) is 0 Å². The number of aromatic nitrogens is 2. The van der Waals surface area contributed by atoms with Gasteiger partial charge in [-0.2, -0.15) is 5.10 Å². The minimum Gasteiger partial charge on any atom is -0.464 e. The number of hydrogen-bond donors (Lipinski definition) is 1. The number of H-pyrrole nitrogens is 1. The molecule has 1 N–H and O–H groups in total. The summed E-state index contributed by atoms with van der Waals surface area (Å²) in [6.45, 7) is 0. The Kier molecular flexibility index (Phi) is 3.56. The molecule has 5 nitrogen and oxygen atoms in total. The molecule has 1 saturated carbocycles. The van der Waals surface area contributed by atoms with Crippen LogP contribution in [0.15, 0.2) is 10.9 Å². The summed E-state index contributed by atoms with van der Waals surface area (Å²) in [5.74, 6) is -0.322. The summed E-state index contributed by atoms with van der Waals surface area (Å²) >= 11 is 0. The number of ether oxygens (including phenoxy) is 1. The molecule has 1 aromatic rings. The molecule has 0 atom stereocenters. The summed E-state index contributed by atoms with van der Waals surface area (Å²) < 4.78 is 4.48. The van der Waals surface area contributed by atoms with Crippen molar-refractivity contribution in [1.29, 1.82) is 0 Å². The zero-order valence-corrected chi connectivity index (χ0v) is 9.86. The Hall–Kier alpha value is -1.65. The summed E-state index contributed by atoms with van der Waals surface area (Å²) in [7, 11) is 1.23. The van der Waals surface area contributed by atoms with Crippen LogP contribution in [-0.4, -0.2) is 23.3 Å². The Morgan fingerprint density at radius 2 is 2.12 bits per heavy atom. The van der Waals surface area contributed by atoms with E-state index in [1.165, 1.54) is 32.4 Å². The monoisotopic (exact) mass is 236 g/mol. The summed E-state index contributed by atoms with van der Waals surface area (Å²) in [5, 5.41) is 6.62. The van der Waals surface area contributed by atoms with Crippen molar-refractivity contribution in [3.63, 3.8) is 0 Å². The third-order valence-electron chi connectivity index (χ3n) is 3.24. The van der Waals surface area contributed by atoms with Gasteiger partial charge in [0.2, 0.25) is 11.1 Å². The van der Waals surface area contributed by atoms with Gasteiger partial charge >= 0.3 is 5.97 Å². The Labute approximate surface area is 99.2 Å². The number of esters is 1. The second-order valence-electron chi connectivity index (χ2n) is 4.36. The second-order valence-corrected chi connectivity index (χ2v) is 4.36. The van der Waals surface area contributed by atoms with Gasteiger partial charge in [-0.15, -0.1) is 0 Å². The molecule has 1 heterocycles. The quantitative estimate of drug-likeness (QED) is 0.792. The maximum absolute atomic E-state index is 11.7. The first-order valence-electron chi connectivity index (χ1n) is 5.90. The Balaban J connectivity index is 2.24. The molecule has 17 heavy (non-hydrogen) atoms. The van der Waals surface area contributed by atoms with Crippen LogP contribution in [0.3, 0.4) is 0 Å². The smallest absolute Gasteiger partial charge is 0.362 e. The van der Waals surface area contributed by atoms with Crippen molar-refractivity contribution >= 4 is 5.97 Å². The second kappa shape index (κ2) is 5.12. The molecular weight excluding hydrogens is 220 g/mol. The lowest BCUT2D eigenvalue weighted by Gasteiger charge is -2.20. The molecule has 0 bridgehead atoms. The molecule has 5 heteroatoms. The fourth-order valence-corrected chi connectivity index (χ4v) is 2.28. The lowest BCUT2D eigenvalue weighted by molar-refractivity contribution is 0.0591. The van der Waals surface area contributed by atoms with E-state index in [1.54, 1.807) is 0 Å². The SMILES string of the molecule is COC(=O)c1n[nH]c(C2CCCCC2)cc1=O. The highest BCUT2D eigenvalue weighted by atomic mass is 16.5. The number of carbonyl (C=O) groups excluding carboxylic acids is 1. The van der Waals surface area contributed by atoms with Gasteiger partial charge in [0.05, 0.1) is 7.11 Å². The van der Waals surface area contributed by atoms with E-state index >= 15 is 0 Å². The van der Waals surface area contributed by atoms with Gasteiger partial charge in [0.1, 0.15) is 0 Å². The summed E-state index contributed by atoms with van der Waals surface area (Å²) in [5.41, 5.74) is 0.297. The van der Waals surface area contributed by atoms with E-state index in [1.807, 2.05) is 0 Å². The average molecular weight is 236 g/mol. The van der Waals surface area contributed by atoms with Crippen LogP contribution in [0.25, 0.3) is 0 Å². The molecule has 1 aliphatic rings. The van der Waals surface area contributed by atoms with Crippen molar-refractivity contribution in [1.82, 2.24) is 10.2 Å². The fourth-order valence-electron chi connectivity index (χ4n) is 2.28. The van der Waals surface area contributed by atoms with Gasteiger partial charge < -0.3 is 4.74 Å². The molecule has 0 saturated heterocycles.